The molecule has 1 aromatic carbocycles. The maximum absolute atomic E-state index is 12.6. The highest BCUT2D eigenvalue weighted by Crippen LogP contribution is 2.24. The van der Waals surface area contributed by atoms with Gasteiger partial charge in [0.2, 0.25) is 0 Å². The molecule has 0 aliphatic carbocycles. The number of nitrogens with one attached hydrogen (secondary N) is 1. The van der Waals surface area contributed by atoms with Crippen LogP contribution in [0.5, 0.6) is 0 Å². The van der Waals surface area contributed by atoms with Crippen LogP contribution in [-0.4, -0.2) is 38.7 Å². The van der Waals surface area contributed by atoms with Crippen molar-refractivity contribution in [1.82, 2.24) is 19.7 Å². The van der Waals surface area contributed by atoms with E-state index >= 15 is 0 Å². The number of hydrogen-bond acceptors (Lipinski definition) is 4. The first kappa shape index (κ1) is 11.5. The Hall–Kier alpha value is -2.37. The maximum atomic E-state index is 12.6. The van der Waals surface area contributed by atoms with Gasteiger partial charge in [-0.2, -0.15) is 0 Å². The first-order valence-corrected chi connectivity index (χ1v) is 6.84. The Morgan fingerprint density at radius 2 is 2.25 bits per heavy atom. The van der Waals surface area contributed by atoms with Crippen LogP contribution in [-0.2, 0) is 19.5 Å². The predicted molar refractivity (Wildman–Crippen MR) is 73.4 cm³/mol. The minimum atomic E-state index is 0.0655. The second-order valence-electron chi connectivity index (χ2n) is 5.22. The van der Waals surface area contributed by atoms with Crippen molar-refractivity contribution >= 4 is 11.6 Å². The van der Waals surface area contributed by atoms with Crippen LogP contribution in [0.25, 0.3) is 0 Å². The summed E-state index contributed by atoms with van der Waals surface area (Å²) < 4.78 is 1.99. The van der Waals surface area contributed by atoms with E-state index in [0.29, 0.717) is 13.1 Å². The molecule has 1 amide bonds. The zero-order chi connectivity index (χ0) is 13.5. The van der Waals surface area contributed by atoms with Gasteiger partial charge in [0.15, 0.2) is 5.82 Å². The lowest BCUT2D eigenvalue weighted by Crippen LogP contribution is -2.38. The number of amides is 1. The van der Waals surface area contributed by atoms with Crippen molar-refractivity contribution in [1.29, 1.82) is 0 Å². The number of rotatable bonds is 1. The van der Waals surface area contributed by atoms with Crippen LogP contribution in [0.3, 0.4) is 0 Å². The SMILES string of the molecule is O=C(c1ccc2c(c1)NCC2)N1CCn2cnnc2C1. The number of benzene rings is 1. The van der Waals surface area contributed by atoms with E-state index < -0.39 is 0 Å². The fourth-order valence-corrected chi connectivity index (χ4v) is 2.85. The van der Waals surface area contributed by atoms with Gasteiger partial charge in [-0.05, 0) is 24.1 Å². The third-order valence-corrected chi connectivity index (χ3v) is 3.99. The largest absolute Gasteiger partial charge is 0.384 e. The summed E-state index contributed by atoms with van der Waals surface area (Å²) in [5.41, 5.74) is 3.13. The molecule has 0 bridgehead atoms. The molecule has 2 aliphatic rings. The number of fused-ring (bicyclic) bond motifs is 2. The van der Waals surface area contributed by atoms with Gasteiger partial charge in [-0.3, -0.25) is 4.79 Å². The Morgan fingerprint density at radius 1 is 1.30 bits per heavy atom. The highest BCUT2D eigenvalue weighted by atomic mass is 16.2. The van der Waals surface area contributed by atoms with Crippen LogP contribution in [0.2, 0.25) is 0 Å². The Balaban J connectivity index is 1.59. The van der Waals surface area contributed by atoms with Gasteiger partial charge in [0, 0.05) is 30.9 Å². The predicted octanol–water partition coefficient (Wildman–Crippen LogP) is 0.902. The highest BCUT2D eigenvalue weighted by molar-refractivity contribution is 5.95. The molecule has 6 nitrogen and oxygen atoms in total. The van der Waals surface area contributed by atoms with Crippen molar-refractivity contribution < 1.29 is 4.79 Å². The summed E-state index contributed by atoms with van der Waals surface area (Å²) >= 11 is 0. The molecule has 6 heteroatoms. The van der Waals surface area contributed by atoms with E-state index in [1.165, 1.54) is 5.56 Å². The lowest BCUT2D eigenvalue weighted by molar-refractivity contribution is 0.0707. The van der Waals surface area contributed by atoms with Crippen LogP contribution in [0.15, 0.2) is 24.5 Å². The number of anilines is 1. The van der Waals surface area contributed by atoms with Gasteiger partial charge in [0.1, 0.15) is 6.33 Å². The Bertz CT molecular complexity index is 678. The van der Waals surface area contributed by atoms with Crippen molar-refractivity contribution in [3.8, 4) is 0 Å². The van der Waals surface area contributed by atoms with Gasteiger partial charge in [0.25, 0.3) is 5.91 Å². The molecule has 0 atom stereocenters. The van der Waals surface area contributed by atoms with E-state index in [0.717, 1.165) is 36.6 Å². The lowest BCUT2D eigenvalue weighted by atomic mass is 10.1. The molecular formula is C14H15N5O. The highest BCUT2D eigenvalue weighted by Gasteiger charge is 2.23. The smallest absolute Gasteiger partial charge is 0.254 e. The van der Waals surface area contributed by atoms with Crippen LogP contribution >= 0.6 is 0 Å². The fourth-order valence-electron chi connectivity index (χ4n) is 2.85. The molecule has 0 spiro atoms. The van der Waals surface area contributed by atoms with Crippen molar-refractivity contribution in [2.75, 3.05) is 18.4 Å². The molecule has 3 heterocycles. The quantitative estimate of drug-likeness (QED) is 0.835. The summed E-state index contributed by atoms with van der Waals surface area (Å²) in [6, 6.07) is 5.94. The van der Waals surface area contributed by atoms with E-state index in [1.54, 1.807) is 6.33 Å². The Labute approximate surface area is 116 Å². The molecule has 0 unspecified atom stereocenters. The molecule has 2 aliphatic heterocycles. The minimum absolute atomic E-state index is 0.0655. The fraction of sp³-hybridized carbons (Fsp3) is 0.357. The first-order valence-electron chi connectivity index (χ1n) is 6.84. The second-order valence-corrected chi connectivity index (χ2v) is 5.22. The van der Waals surface area contributed by atoms with Crippen LogP contribution < -0.4 is 5.32 Å². The van der Waals surface area contributed by atoms with Crippen molar-refractivity contribution in [2.45, 2.75) is 19.5 Å². The average molecular weight is 269 g/mol. The van der Waals surface area contributed by atoms with Gasteiger partial charge in [-0.15, -0.1) is 10.2 Å². The van der Waals surface area contributed by atoms with Gasteiger partial charge in [0.05, 0.1) is 6.54 Å². The molecule has 1 aromatic heterocycles. The van der Waals surface area contributed by atoms with Crippen LogP contribution in [0.4, 0.5) is 5.69 Å². The molecule has 2 aromatic rings. The number of carbonyl (C=O) groups excluding carboxylic acids is 1. The van der Waals surface area contributed by atoms with Gasteiger partial charge < -0.3 is 14.8 Å². The van der Waals surface area contributed by atoms with E-state index in [4.69, 9.17) is 0 Å². The zero-order valence-electron chi connectivity index (χ0n) is 11.0. The van der Waals surface area contributed by atoms with Crippen LogP contribution in [0, 0.1) is 0 Å². The Morgan fingerprint density at radius 3 is 3.20 bits per heavy atom. The summed E-state index contributed by atoms with van der Waals surface area (Å²) in [7, 11) is 0. The Kier molecular flexibility index (Phi) is 2.48. The summed E-state index contributed by atoms with van der Waals surface area (Å²) in [5, 5.41) is 11.2. The average Bonchev–Trinajstić information content (AvgIpc) is 3.13. The van der Waals surface area contributed by atoms with Gasteiger partial charge >= 0.3 is 0 Å². The molecule has 1 N–H and O–H groups in total. The zero-order valence-corrected chi connectivity index (χ0v) is 11.0. The molecule has 0 radical (unpaired) electrons. The normalized spacial score (nSPS) is 16.5. The third kappa shape index (κ3) is 1.76. The second kappa shape index (κ2) is 4.33. The summed E-state index contributed by atoms with van der Waals surface area (Å²) in [6.45, 7) is 2.95. The molecule has 102 valence electrons. The van der Waals surface area contributed by atoms with Crippen molar-refractivity contribution in [3.63, 3.8) is 0 Å². The summed E-state index contributed by atoms with van der Waals surface area (Å²) in [4.78, 5) is 14.4. The summed E-state index contributed by atoms with van der Waals surface area (Å²) in [6.07, 6.45) is 2.76. The van der Waals surface area contributed by atoms with Crippen molar-refractivity contribution in [2.24, 2.45) is 0 Å². The van der Waals surface area contributed by atoms with E-state index in [9.17, 15) is 4.79 Å². The summed E-state index contributed by atoms with van der Waals surface area (Å²) in [5.74, 6) is 0.916. The minimum Gasteiger partial charge on any atom is -0.384 e. The van der Waals surface area contributed by atoms with E-state index in [2.05, 4.69) is 21.6 Å². The first-order chi connectivity index (χ1) is 9.81. The van der Waals surface area contributed by atoms with E-state index in [-0.39, 0.29) is 5.91 Å². The standard InChI is InChI=1S/C14H15N5O/c20-14(11-2-1-10-3-4-15-12(10)7-11)18-5-6-19-9-16-17-13(19)8-18/h1-2,7,9,15H,3-6,8H2. The lowest BCUT2D eigenvalue weighted by Gasteiger charge is -2.27. The molecule has 0 saturated heterocycles. The van der Waals surface area contributed by atoms with Crippen LogP contribution in [0.1, 0.15) is 21.7 Å². The molecule has 0 fully saturated rings. The third-order valence-electron chi connectivity index (χ3n) is 3.99. The monoisotopic (exact) mass is 269 g/mol. The number of nitrogens with zero attached hydrogens (tertiary/aromatic N) is 4. The topological polar surface area (TPSA) is 63.1 Å². The maximum Gasteiger partial charge on any atom is 0.254 e. The molecular weight excluding hydrogens is 254 g/mol. The molecule has 20 heavy (non-hydrogen) atoms. The number of carbonyl (C=O) groups is 1. The molecule has 0 saturated carbocycles. The number of aromatic nitrogens is 3. The van der Waals surface area contributed by atoms with Gasteiger partial charge in [-0.1, -0.05) is 6.07 Å². The van der Waals surface area contributed by atoms with Gasteiger partial charge in [-0.25, -0.2) is 0 Å². The molecule has 4 rings (SSSR count). The number of hydrogen-bond donors (Lipinski definition) is 1. The van der Waals surface area contributed by atoms with E-state index in [1.807, 2.05) is 21.6 Å². The van der Waals surface area contributed by atoms with Crippen molar-refractivity contribution in [3.05, 3.63) is 41.5 Å².